The normalized spacial score (nSPS) is 14.6. The van der Waals surface area contributed by atoms with E-state index in [-0.39, 0.29) is 19.8 Å². The fourth-order valence-corrected chi connectivity index (χ4v) is 5.06. The van der Waals surface area contributed by atoms with E-state index < -0.39 is 13.9 Å². The van der Waals surface area contributed by atoms with Crippen LogP contribution in [0.4, 0.5) is 0 Å². The number of nitrogens with zero attached hydrogens (tertiary/aromatic N) is 1. The molecule has 0 aromatic heterocycles. The molecule has 0 aliphatic rings. The summed E-state index contributed by atoms with van der Waals surface area (Å²) in [6.07, 6.45) is 22.9. The molecule has 0 amide bonds. The number of hydrogen-bond donors (Lipinski definition) is 1. The largest absolute Gasteiger partial charge is 0.756 e. The number of rotatable bonds is 29. The van der Waals surface area contributed by atoms with Gasteiger partial charge in [-0.15, -0.1) is 0 Å². The van der Waals surface area contributed by atoms with Crippen molar-refractivity contribution in [2.75, 3.05) is 54.1 Å². The van der Waals surface area contributed by atoms with Gasteiger partial charge in [-0.05, 0) is 25.7 Å². The van der Waals surface area contributed by atoms with Gasteiger partial charge in [0.05, 0.1) is 47.5 Å². The Bertz CT molecular complexity index is 529. The highest BCUT2D eigenvalue weighted by molar-refractivity contribution is 7.45. The van der Waals surface area contributed by atoms with Gasteiger partial charge in [-0.1, -0.05) is 103 Å². The maximum atomic E-state index is 11.8. The van der Waals surface area contributed by atoms with Gasteiger partial charge in [0.2, 0.25) is 0 Å². The molecule has 224 valence electrons. The molecule has 0 saturated carbocycles. The molecule has 0 heterocycles. The Labute approximate surface area is 229 Å². The van der Waals surface area contributed by atoms with Gasteiger partial charge in [0.25, 0.3) is 7.82 Å². The van der Waals surface area contributed by atoms with Crippen LogP contribution < -0.4 is 4.89 Å². The van der Waals surface area contributed by atoms with Gasteiger partial charge in [-0.25, -0.2) is 0 Å². The third kappa shape index (κ3) is 30.4. The number of quaternary nitrogens is 1. The first-order valence-corrected chi connectivity index (χ1v) is 16.8. The van der Waals surface area contributed by atoms with Crippen molar-refractivity contribution >= 4 is 7.82 Å². The second-order valence-corrected chi connectivity index (χ2v) is 13.1. The molecule has 2 atom stereocenters. The lowest BCUT2D eigenvalue weighted by Gasteiger charge is -2.25. The minimum Gasteiger partial charge on any atom is -0.756 e. The number of phosphoric ester groups is 1. The molecule has 0 aromatic carbocycles. The fourth-order valence-electron chi connectivity index (χ4n) is 4.28. The number of aliphatic hydroxyl groups excluding tert-OH is 1. The van der Waals surface area contributed by atoms with Gasteiger partial charge in [0.15, 0.2) is 0 Å². The number of aliphatic hydroxyl groups is 1. The molecule has 0 radical (unpaired) electrons. The number of hydrogen-bond acceptors (Lipinski definition) is 6. The van der Waals surface area contributed by atoms with E-state index >= 15 is 0 Å². The second kappa shape index (κ2) is 25.0. The van der Waals surface area contributed by atoms with E-state index in [1.807, 2.05) is 0 Å². The van der Waals surface area contributed by atoms with Crippen molar-refractivity contribution in [1.29, 1.82) is 0 Å². The third-order valence-corrected chi connectivity index (χ3v) is 7.56. The molecule has 37 heavy (non-hydrogen) atoms. The second-order valence-electron chi connectivity index (χ2n) is 11.7. The molecule has 8 heteroatoms. The number of ether oxygens (including phenoxy) is 1. The topological polar surface area (TPSA) is 88.0 Å². The Morgan fingerprint density at radius 1 is 0.649 bits per heavy atom. The molecule has 0 fully saturated rings. The molecule has 0 rings (SSSR count). The molecule has 1 N–H and O–H groups in total. The molecule has 0 spiro atoms. The van der Waals surface area contributed by atoms with Crippen LogP contribution >= 0.6 is 7.82 Å². The summed E-state index contributed by atoms with van der Waals surface area (Å²) in [6.45, 7) is 3.74. The van der Waals surface area contributed by atoms with Crippen LogP contribution in [-0.4, -0.2) is 69.8 Å². The number of phosphoric acid groups is 1. The summed E-state index contributed by atoms with van der Waals surface area (Å²) in [5.74, 6) is 0. The molecule has 0 aliphatic heterocycles. The van der Waals surface area contributed by atoms with Gasteiger partial charge in [-0.2, -0.15) is 0 Å². The maximum Gasteiger partial charge on any atom is 0.267 e. The Kier molecular flexibility index (Phi) is 25.0. The minimum absolute atomic E-state index is 0.0732. The first kappa shape index (κ1) is 37.0. The van der Waals surface area contributed by atoms with Crippen molar-refractivity contribution in [3.05, 3.63) is 0 Å². The van der Waals surface area contributed by atoms with E-state index in [1.165, 1.54) is 89.9 Å². The third-order valence-electron chi connectivity index (χ3n) is 6.60. The summed E-state index contributed by atoms with van der Waals surface area (Å²) in [5, 5.41) is 9.90. The van der Waals surface area contributed by atoms with Crippen LogP contribution in [0, 0.1) is 0 Å². The average molecular weight is 552 g/mol. The first-order chi connectivity index (χ1) is 17.7. The molecular weight excluding hydrogens is 489 g/mol. The maximum absolute atomic E-state index is 11.8. The van der Waals surface area contributed by atoms with Crippen LogP contribution in [0.5, 0.6) is 0 Å². The summed E-state index contributed by atoms with van der Waals surface area (Å²) in [4.78, 5) is 11.8. The summed E-state index contributed by atoms with van der Waals surface area (Å²) >= 11 is 0. The molecule has 0 aliphatic carbocycles. The predicted molar refractivity (Wildman–Crippen MR) is 153 cm³/mol. The first-order valence-electron chi connectivity index (χ1n) is 15.3. The van der Waals surface area contributed by atoms with E-state index in [1.54, 1.807) is 0 Å². The van der Waals surface area contributed by atoms with Crippen molar-refractivity contribution in [3.8, 4) is 0 Å². The van der Waals surface area contributed by atoms with E-state index in [2.05, 4.69) is 28.1 Å². The highest BCUT2D eigenvalue weighted by Crippen LogP contribution is 2.38. The quantitative estimate of drug-likeness (QED) is 0.0611. The summed E-state index contributed by atoms with van der Waals surface area (Å²) < 4.78 is 27.8. The van der Waals surface area contributed by atoms with Gasteiger partial charge < -0.3 is 28.3 Å². The summed E-state index contributed by atoms with van der Waals surface area (Å²) in [7, 11) is 2.02. The van der Waals surface area contributed by atoms with Crippen LogP contribution in [0.1, 0.15) is 129 Å². The lowest BCUT2D eigenvalue weighted by Crippen LogP contribution is -2.35. The number of unbranched alkanes of at least 4 members (excludes halogenated alkanes) is 17. The van der Waals surface area contributed by atoms with Crippen molar-refractivity contribution in [2.45, 2.75) is 135 Å². The zero-order valence-corrected chi connectivity index (χ0v) is 25.8. The monoisotopic (exact) mass is 551 g/mol. The molecule has 0 aromatic rings. The van der Waals surface area contributed by atoms with Gasteiger partial charge in [-0.3, -0.25) is 4.57 Å². The molecule has 0 saturated heterocycles. The van der Waals surface area contributed by atoms with Gasteiger partial charge >= 0.3 is 0 Å². The van der Waals surface area contributed by atoms with Crippen molar-refractivity contribution in [2.24, 2.45) is 0 Å². The zero-order chi connectivity index (χ0) is 27.7. The van der Waals surface area contributed by atoms with Crippen molar-refractivity contribution in [1.82, 2.24) is 0 Å². The van der Waals surface area contributed by atoms with E-state index in [9.17, 15) is 14.6 Å². The van der Waals surface area contributed by atoms with E-state index in [4.69, 9.17) is 13.8 Å². The molecule has 7 nitrogen and oxygen atoms in total. The zero-order valence-electron chi connectivity index (χ0n) is 24.9. The fraction of sp³-hybridized carbons (Fsp3) is 1.00. The van der Waals surface area contributed by atoms with Crippen molar-refractivity contribution in [3.63, 3.8) is 0 Å². The average Bonchev–Trinajstić information content (AvgIpc) is 2.83. The van der Waals surface area contributed by atoms with Crippen LogP contribution in [0.2, 0.25) is 0 Å². The van der Waals surface area contributed by atoms with E-state index in [0.29, 0.717) is 13.0 Å². The van der Waals surface area contributed by atoms with Crippen LogP contribution in [0.3, 0.4) is 0 Å². The van der Waals surface area contributed by atoms with Crippen LogP contribution in [-0.2, 0) is 18.3 Å². The SMILES string of the molecule is CCCCCCCCCCCCCCCCCCOCC(O)COP(=O)([O-])OCCCCC[N+](C)(C)C. The lowest BCUT2D eigenvalue weighted by molar-refractivity contribution is -0.870. The molecular formula is C29H62NO6P. The predicted octanol–water partition coefficient (Wildman–Crippen LogP) is 7.00. The highest BCUT2D eigenvalue weighted by atomic mass is 31.2. The molecule has 2 unspecified atom stereocenters. The van der Waals surface area contributed by atoms with Gasteiger partial charge in [0, 0.05) is 6.61 Å². The van der Waals surface area contributed by atoms with E-state index in [0.717, 1.165) is 36.7 Å². The summed E-state index contributed by atoms with van der Waals surface area (Å²) in [5.41, 5.74) is 0. The van der Waals surface area contributed by atoms with Crippen LogP contribution in [0.15, 0.2) is 0 Å². The Balaban J connectivity index is 3.40. The standard InChI is InChI=1S/C29H62NO6P/c1-5-6-7-8-9-10-11-12-13-14-15-16-17-18-19-22-25-34-27-29(31)28-36-37(32,33)35-26-23-20-21-24-30(2,3)4/h29,31H,5-28H2,1-4H3. The Hall–Kier alpha value is -0.0100. The lowest BCUT2D eigenvalue weighted by atomic mass is 10.0. The van der Waals surface area contributed by atoms with Crippen molar-refractivity contribution < 1.29 is 32.8 Å². The molecule has 0 bridgehead atoms. The Morgan fingerprint density at radius 2 is 1.08 bits per heavy atom. The Morgan fingerprint density at radius 3 is 1.57 bits per heavy atom. The minimum atomic E-state index is -4.38. The summed E-state index contributed by atoms with van der Waals surface area (Å²) in [6, 6.07) is 0. The van der Waals surface area contributed by atoms with Gasteiger partial charge in [0.1, 0.15) is 6.10 Å². The smallest absolute Gasteiger partial charge is 0.267 e. The highest BCUT2D eigenvalue weighted by Gasteiger charge is 2.13. The van der Waals surface area contributed by atoms with Crippen LogP contribution in [0.25, 0.3) is 0 Å².